The van der Waals surface area contributed by atoms with Crippen LogP contribution in [0.5, 0.6) is 0 Å². The minimum Gasteiger partial charge on any atom is -0.444 e. The van der Waals surface area contributed by atoms with Crippen LogP contribution in [0.25, 0.3) is 0 Å². The quantitative estimate of drug-likeness (QED) is 0.786. The van der Waals surface area contributed by atoms with Crippen molar-refractivity contribution in [3.05, 3.63) is 17.5 Å². The zero-order valence-corrected chi connectivity index (χ0v) is 14.8. The maximum absolute atomic E-state index is 12.0. The molecule has 0 fully saturated rings. The highest BCUT2D eigenvalue weighted by molar-refractivity contribution is 5.68. The highest BCUT2D eigenvalue weighted by Crippen LogP contribution is 2.10. The molecule has 6 heteroatoms. The summed E-state index contributed by atoms with van der Waals surface area (Å²) < 4.78 is 7.22. The molecule has 0 aromatic carbocycles. The van der Waals surface area contributed by atoms with Crippen LogP contribution in [-0.4, -0.2) is 46.0 Å². The third kappa shape index (κ3) is 6.47. The van der Waals surface area contributed by atoms with E-state index in [9.17, 15) is 4.79 Å². The molecule has 1 aromatic heterocycles. The molecule has 0 unspecified atom stereocenters. The molecule has 0 aliphatic heterocycles. The largest absolute Gasteiger partial charge is 0.444 e. The molecule has 1 rings (SSSR count). The Labute approximate surface area is 133 Å². The van der Waals surface area contributed by atoms with Crippen LogP contribution in [0.2, 0.25) is 0 Å². The van der Waals surface area contributed by atoms with Gasteiger partial charge in [0.15, 0.2) is 0 Å². The molecule has 0 atom stereocenters. The molecule has 0 radical (unpaired) electrons. The first-order valence-electron chi connectivity index (χ1n) is 7.90. The van der Waals surface area contributed by atoms with Crippen LogP contribution in [0.4, 0.5) is 4.79 Å². The monoisotopic (exact) mass is 310 g/mol. The fourth-order valence-corrected chi connectivity index (χ4v) is 2.15. The summed E-state index contributed by atoms with van der Waals surface area (Å²) in [5, 5.41) is 7.71. The fraction of sp³-hybridized carbons (Fsp3) is 0.750. The van der Waals surface area contributed by atoms with Gasteiger partial charge in [-0.25, -0.2) is 4.79 Å². The van der Waals surface area contributed by atoms with Crippen molar-refractivity contribution in [3.8, 4) is 0 Å². The van der Waals surface area contributed by atoms with E-state index in [1.807, 2.05) is 52.5 Å². The number of aromatic nitrogens is 2. The molecule has 1 N–H and O–H groups in total. The number of nitrogens with zero attached hydrogens (tertiary/aromatic N) is 3. The smallest absolute Gasteiger partial charge is 0.410 e. The Morgan fingerprint density at radius 2 is 2.14 bits per heavy atom. The highest BCUT2D eigenvalue weighted by Gasteiger charge is 2.20. The van der Waals surface area contributed by atoms with Crippen molar-refractivity contribution in [2.45, 2.75) is 53.2 Å². The van der Waals surface area contributed by atoms with E-state index in [0.29, 0.717) is 13.1 Å². The van der Waals surface area contributed by atoms with Gasteiger partial charge in [-0.3, -0.25) is 4.68 Å². The SMILES string of the molecule is CCN(CCCNCc1cn(C)nc1C)C(=O)OC(C)(C)C. The van der Waals surface area contributed by atoms with E-state index in [-0.39, 0.29) is 6.09 Å². The predicted molar refractivity (Wildman–Crippen MR) is 87.7 cm³/mol. The van der Waals surface area contributed by atoms with E-state index in [2.05, 4.69) is 10.4 Å². The van der Waals surface area contributed by atoms with Gasteiger partial charge in [0.1, 0.15) is 5.60 Å². The highest BCUT2D eigenvalue weighted by atomic mass is 16.6. The van der Waals surface area contributed by atoms with Crippen molar-refractivity contribution in [1.82, 2.24) is 20.0 Å². The minimum atomic E-state index is -0.444. The molecule has 6 nitrogen and oxygen atoms in total. The molecule has 22 heavy (non-hydrogen) atoms. The number of aryl methyl sites for hydroxylation is 2. The lowest BCUT2D eigenvalue weighted by Crippen LogP contribution is -2.38. The van der Waals surface area contributed by atoms with Crippen molar-refractivity contribution >= 4 is 6.09 Å². The number of nitrogens with one attached hydrogen (secondary N) is 1. The number of rotatable bonds is 7. The van der Waals surface area contributed by atoms with Crippen molar-refractivity contribution < 1.29 is 9.53 Å². The summed E-state index contributed by atoms with van der Waals surface area (Å²) in [4.78, 5) is 13.7. The van der Waals surface area contributed by atoms with Gasteiger partial charge in [0.2, 0.25) is 0 Å². The Balaban J connectivity index is 2.27. The number of hydrogen-bond donors (Lipinski definition) is 1. The van der Waals surface area contributed by atoms with Crippen LogP contribution in [-0.2, 0) is 18.3 Å². The molecular weight excluding hydrogens is 280 g/mol. The summed E-state index contributed by atoms with van der Waals surface area (Å²) in [6.45, 7) is 12.7. The zero-order valence-electron chi connectivity index (χ0n) is 14.8. The van der Waals surface area contributed by atoms with Crippen LogP contribution in [0.1, 0.15) is 45.4 Å². The molecular formula is C16H30N4O2. The Hall–Kier alpha value is -1.56. The number of amides is 1. The topological polar surface area (TPSA) is 59.4 Å². The van der Waals surface area contributed by atoms with Crippen molar-refractivity contribution in [2.24, 2.45) is 7.05 Å². The van der Waals surface area contributed by atoms with E-state index in [1.165, 1.54) is 5.56 Å². The standard InChI is InChI=1S/C16H30N4O2/c1-7-20(15(21)22-16(3,4)5)10-8-9-17-11-14-12-19(6)18-13(14)2/h12,17H,7-11H2,1-6H3. The first-order valence-corrected chi connectivity index (χ1v) is 7.90. The van der Waals surface area contributed by atoms with Gasteiger partial charge >= 0.3 is 6.09 Å². The molecule has 126 valence electrons. The molecule has 0 aliphatic carbocycles. The van der Waals surface area contributed by atoms with Gasteiger partial charge in [-0.1, -0.05) is 0 Å². The lowest BCUT2D eigenvalue weighted by atomic mass is 10.2. The molecule has 0 aliphatic rings. The second-order valence-corrected chi connectivity index (χ2v) is 6.50. The Kier molecular flexibility index (Phi) is 6.87. The Morgan fingerprint density at radius 1 is 1.45 bits per heavy atom. The summed E-state index contributed by atoms with van der Waals surface area (Å²) in [5.41, 5.74) is 1.82. The number of carbonyl (C=O) groups excluding carboxylic acids is 1. The molecule has 0 saturated heterocycles. The molecule has 1 amide bonds. The summed E-state index contributed by atoms with van der Waals surface area (Å²) in [6, 6.07) is 0. The van der Waals surface area contributed by atoms with E-state index < -0.39 is 5.60 Å². The summed E-state index contributed by atoms with van der Waals surface area (Å²) in [6.07, 6.45) is 2.69. The fourth-order valence-electron chi connectivity index (χ4n) is 2.15. The molecule has 1 heterocycles. The van der Waals surface area contributed by atoms with Crippen LogP contribution >= 0.6 is 0 Å². The lowest BCUT2D eigenvalue weighted by molar-refractivity contribution is 0.0258. The molecule has 0 saturated carbocycles. The normalized spacial score (nSPS) is 11.5. The Morgan fingerprint density at radius 3 is 2.64 bits per heavy atom. The molecule has 0 spiro atoms. The maximum atomic E-state index is 12.0. The van der Waals surface area contributed by atoms with Gasteiger partial charge in [0.25, 0.3) is 0 Å². The van der Waals surface area contributed by atoms with Crippen LogP contribution < -0.4 is 5.32 Å². The van der Waals surface area contributed by atoms with Crippen LogP contribution in [0.15, 0.2) is 6.20 Å². The predicted octanol–water partition coefficient (Wildman–Crippen LogP) is 2.47. The zero-order chi connectivity index (χ0) is 16.8. The third-order valence-electron chi connectivity index (χ3n) is 3.25. The first-order chi connectivity index (χ1) is 10.2. The van der Waals surface area contributed by atoms with Crippen molar-refractivity contribution in [1.29, 1.82) is 0 Å². The minimum absolute atomic E-state index is 0.238. The van der Waals surface area contributed by atoms with Crippen molar-refractivity contribution in [2.75, 3.05) is 19.6 Å². The molecule has 0 bridgehead atoms. The van der Waals surface area contributed by atoms with E-state index in [4.69, 9.17) is 4.74 Å². The first kappa shape index (κ1) is 18.5. The van der Waals surface area contributed by atoms with Gasteiger partial charge in [0, 0.05) is 38.4 Å². The third-order valence-corrected chi connectivity index (χ3v) is 3.25. The van der Waals surface area contributed by atoms with Gasteiger partial charge in [-0.05, 0) is 47.6 Å². The van der Waals surface area contributed by atoms with Gasteiger partial charge in [-0.2, -0.15) is 5.10 Å². The second-order valence-electron chi connectivity index (χ2n) is 6.50. The second kappa shape index (κ2) is 8.17. The van der Waals surface area contributed by atoms with Gasteiger partial charge in [0.05, 0.1) is 5.69 Å². The van der Waals surface area contributed by atoms with E-state index in [0.717, 1.165) is 25.2 Å². The van der Waals surface area contributed by atoms with Gasteiger partial charge < -0.3 is 15.0 Å². The lowest BCUT2D eigenvalue weighted by Gasteiger charge is -2.26. The summed E-state index contributed by atoms with van der Waals surface area (Å²) >= 11 is 0. The van der Waals surface area contributed by atoms with E-state index in [1.54, 1.807) is 4.90 Å². The number of ether oxygens (including phenoxy) is 1. The average Bonchev–Trinajstić information content (AvgIpc) is 2.70. The van der Waals surface area contributed by atoms with Gasteiger partial charge in [-0.15, -0.1) is 0 Å². The summed E-state index contributed by atoms with van der Waals surface area (Å²) in [7, 11) is 1.93. The average molecular weight is 310 g/mol. The van der Waals surface area contributed by atoms with Crippen LogP contribution in [0.3, 0.4) is 0 Å². The number of carbonyl (C=O) groups is 1. The van der Waals surface area contributed by atoms with Crippen LogP contribution in [0, 0.1) is 6.92 Å². The van der Waals surface area contributed by atoms with Crippen molar-refractivity contribution in [3.63, 3.8) is 0 Å². The summed E-state index contributed by atoms with van der Waals surface area (Å²) in [5.74, 6) is 0. The maximum Gasteiger partial charge on any atom is 0.410 e. The number of hydrogen-bond acceptors (Lipinski definition) is 4. The molecule has 1 aromatic rings. The van der Waals surface area contributed by atoms with E-state index >= 15 is 0 Å². The Bertz CT molecular complexity index is 477.